The number of nitrogens with zero attached hydrogens (tertiary/aromatic N) is 1. The van der Waals surface area contributed by atoms with Crippen molar-refractivity contribution in [1.29, 1.82) is 0 Å². The molecule has 0 aliphatic heterocycles. The molecule has 0 atom stereocenters. The molecule has 2 aromatic rings. The molecule has 0 aromatic heterocycles. The SMILES string of the molecule is O=C(O)c1ccc(OCc2ccc(O)cc2)c([N+](=O)[O-])c1. The molecule has 0 unspecified atom stereocenters. The first kappa shape index (κ1) is 14.3. The number of phenols is 1. The molecule has 0 spiro atoms. The number of phenolic OH excluding ortho intramolecular Hbond substituents is 1. The van der Waals surface area contributed by atoms with Crippen LogP contribution in [0.1, 0.15) is 15.9 Å². The van der Waals surface area contributed by atoms with Crippen molar-refractivity contribution < 1.29 is 24.7 Å². The molecule has 0 bridgehead atoms. The predicted octanol–water partition coefficient (Wildman–Crippen LogP) is 2.58. The van der Waals surface area contributed by atoms with Gasteiger partial charge in [-0.2, -0.15) is 0 Å². The van der Waals surface area contributed by atoms with Crippen molar-refractivity contribution in [3.05, 3.63) is 63.7 Å². The average Bonchev–Trinajstić information content (AvgIpc) is 2.46. The summed E-state index contributed by atoms with van der Waals surface area (Å²) in [4.78, 5) is 21.1. The number of ether oxygens (including phenoxy) is 1. The number of rotatable bonds is 5. The number of benzene rings is 2. The molecule has 108 valence electrons. The Hall–Kier alpha value is -3.09. The van der Waals surface area contributed by atoms with Crippen molar-refractivity contribution >= 4 is 11.7 Å². The minimum Gasteiger partial charge on any atom is -0.508 e. The Balaban J connectivity index is 2.21. The fourth-order valence-electron chi connectivity index (χ4n) is 1.67. The van der Waals surface area contributed by atoms with Crippen LogP contribution in [0, 0.1) is 10.1 Å². The van der Waals surface area contributed by atoms with Gasteiger partial charge < -0.3 is 14.9 Å². The molecule has 0 amide bonds. The Morgan fingerprint density at radius 1 is 1.19 bits per heavy atom. The molecule has 2 N–H and O–H groups in total. The lowest BCUT2D eigenvalue weighted by Gasteiger charge is -2.07. The Morgan fingerprint density at radius 2 is 1.86 bits per heavy atom. The zero-order chi connectivity index (χ0) is 15.4. The number of carboxylic acid groups (broad SMARTS) is 1. The molecule has 0 saturated heterocycles. The van der Waals surface area contributed by atoms with Crippen molar-refractivity contribution in [3.8, 4) is 11.5 Å². The second kappa shape index (κ2) is 5.91. The molecule has 0 fully saturated rings. The molecule has 0 saturated carbocycles. The molecule has 0 aliphatic carbocycles. The van der Waals surface area contributed by atoms with E-state index >= 15 is 0 Å². The van der Waals surface area contributed by atoms with Crippen LogP contribution in [0.15, 0.2) is 42.5 Å². The van der Waals surface area contributed by atoms with Gasteiger partial charge in [0.2, 0.25) is 0 Å². The van der Waals surface area contributed by atoms with E-state index in [2.05, 4.69) is 0 Å². The summed E-state index contributed by atoms with van der Waals surface area (Å²) in [6.07, 6.45) is 0. The van der Waals surface area contributed by atoms with Gasteiger partial charge in [0, 0.05) is 6.07 Å². The van der Waals surface area contributed by atoms with E-state index in [9.17, 15) is 14.9 Å². The maximum Gasteiger partial charge on any atom is 0.335 e. The molecular weight excluding hydrogens is 278 g/mol. The van der Waals surface area contributed by atoms with Crippen molar-refractivity contribution in [2.75, 3.05) is 0 Å². The van der Waals surface area contributed by atoms with E-state index in [-0.39, 0.29) is 23.7 Å². The highest BCUT2D eigenvalue weighted by molar-refractivity contribution is 5.88. The summed E-state index contributed by atoms with van der Waals surface area (Å²) in [5.74, 6) is -1.16. The number of hydrogen-bond acceptors (Lipinski definition) is 5. The van der Waals surface area contributed by atoms with Crippen LogP contribution in [0.25, 0.3) is 0 Å². The van der Waals surface area contributed by atoms with Crippen LogP contribution in [0.2, 0.25) is 0 Å². The summed E-state index contributed by atoms with van der Waals surface area (Å²) >= 11 is 0. The number of nitro benzene ring substituents is 1. The second-order valence-electron chi connectivity index (χ2n) is 4.20. The number of aromatic carboxylic acids is 1. The predicted molar refractivity (Wildman–Crippen MR) is 72.5 cm³/mol. The quantitative estimate of drug-likeness (QED) is 0.646. The summed E-state index contributed by atoms with van der Waals surface area (Å²) in [6.45, 7) is 0.0630. The van der Waals surface area contributed by atoms with Gasteiger partial charge in [0.05, 0.1) is 10.5 Å². The second-order valence-corrected chi connectivity index (χ2v) is 4.20. The third-order valence-electron chi connectivity index (χ3n) is 2.73. The van der Waals surface area contributed by atoms with Crippen LogP contribution in [-0.4, -0.2) is 21.1 Å². The summed E-state index contributed by atoms with van der Waals surface area (Å²) in [6, 6.07) is 9.62. The molecule has 0 radical (unpaired) electrons. The first-order chi connectivity index (χ1) is 9.97. The Kier molecular flexibility index (Phi) is 4.03. The van der Waals surface area contributed by atoms with Gasteiger partial charge in [0.25, 0.3) is 0 Å². The zero-order valence-corrected chi connectivity index (χ0v) is 10.7. The first-order valence-corrected chi connectivity index (χ1v) is 5.90. The number of hydrogen-bond donors (Lipinski definition) is 2. The number of nitro groups is 1. The average molecular weight is 289 g/mol. The molecule has 0 aliphatic rings. The maximum absolute atomic E-state index is 11.0. The molecule has 7 nitrogen and oxygen atoms in total. The molecule has 2 rings (SSSR count). The fourth-order valence-corrected chi connectivity index (χ4v) is 1.67. The summed E-state index contributed by atoms with van der Waals surface area (Å²) in [5.41, 5.74) is 0.122. The first-order valence-electron chi connectivity index (χ1n) is 5.90. The summed E-state index contributed by atoms with van der Waals surface area (Å²) in [7, 11) is 0. The van der Waals surface area contributed by atoms with Crippen LogP contribution in [0.3, 0.4) is 0 Å². The van der Waals surface area contributed by atoms with Gasteiger partial charge in [-0.25, -0.2) is 4.79 Å². The van der Waals surface area contributed by atoms with Gasteiger partial charge in [-0.05, 0) is 29.8 Å². The van der Waals surface area contributed by atoms with Crippen molar-refractivity contribution in [2.24, 2.45) is 0 Å². The Labute approximate surface area is 119 Å². The number of carboxylic acids is 1. The lowest BCUT2D eigenvalue weighted by molar-refractivity contribution is -0.386. The molecular formula is C14H11NO6. The topological polar surface area (TPSA) is 110 Å². The highest BCUT2D eigenvalue weighted by Gasteiger charge is 2.18. The zero-order valence-electron chi connectivity index (χ0n) is 10.7. The van der Waals surface area contributed by atoms with E-state index in [0.29, 0.717) is 5.56 Å². The van der Waals surface area contributed by atoms with E-state index in [1.807, 2.05) is 0 Å². The molecule has 21 heavy (non-hydrogen) atoms. The van der Waals surface area contributed by atoms with Gasteiger partial charge in [0.15, 0.2) is 5.75 Å². The number of carbonyl (C=O) groups is 1. The third kappa shape index (κ3) is 3.47. The van der Waals surface area contributed by atoms with E-state index in [0.717, 1.165) is 6.07 Å². The van der Waals surface area contributed by atoms with E-state index in [1.165, 1.54) is 24.3 Å². The van der Waals surface area contributed by atoms with Crippen LogP contribution in [0.5, 0.6) is 11.5 Å². The smallest absolute Gasteiger partial charge is 0.335 e. The van der Waals surface area contributed by atoms with Crippen LogP contribution in [-0.2, 0) is 6.61 Å². The van der Waals surface area contributed by atoms with Crippen molar-refractivity contribution in [1.82, 2.24) is 0 Å². The van der Waals surface area contributed by atoms with Gasteiger partial charge in [-0.1, -0.05) is 12.1 Å². The highest BCUT2D eigenvalue weighted by Crippen LogP contribution is 2.28. The van der Waals surface area contributed by atoms with Crippen molar-refractivity contribution in [2.45, 2.75) is 6.61 Å². The van der Waals surface area contributed by atoms with E-state index in [1.54, 1.807) is 12.1 Å². The lowest BCUT2D eigenvalue weighted by Crippen LogP contribution is -2.02. The normalized spacial score (nSPS) is 10.1. The largest absolute Gasteiger partial charge is 0.508 e. The number of aromatic hydroxyl groups is 1. The minimum atomic E-state index is -1.25. The van der Waals surface area contributed by atoms with Crippen molar-refractivity contribution in [3.63, 3.8) is 0 Å². The lowest BCUT2D eigenvalue weighted by atomic mass is 10.2. The van der Waals surface area contributed by atoms with Crippen LogP contribution >= 0.6 is 0 Å². The summed E-state index contributed by atoms with van der Waals surface area (Å²) in [5, 5.41) is 28.9. The molecule has 7 heteroatoms. The monoisotopic (exact) mass is 289 g/mol. The maximum atomic E-state index is 11.0. The van der Waals surface area contributed by atoms with Crippen LogP contribution < -0.4 is 4.74 Å². The van der Waals surface area contributed by atoms with E-state index in [4.69, 9.17) is 14.9 Å². The van der Waals surface area contributed by atoms with Gasteiger partial charge in [-0.15, -0.1) is 0 Å². The summed E-state index contributed by atoms with van der Waals surface area (Å²) < 4.78 is 5.34. The van der Waals surface area contributed by atoms with E-state index < -0.39 is 16.6 Å². The molecule has 2 aromatic carbocycles. The van der Waals surface area contributed by atoms with Gasteiger partial charge in [-0.3, -0.25) is 10.1 Å². The van der Waals surface area contributed by atoms with Crippen LogP contribution in [0.4, 0.5) is 5.69 Å². The highest BCUT2D eigenvalue weighted by atomic mass is 16.6. The third-order valence-corrected chi connectivity index (χ3v) is 2.73. The molecule has 0 heterocycles. The Morgan fingerprint density at radius 3 is 2.43 bits per heavy atom. The fraction of sp³-hybridized carbons (Fsp3) is 0.0714. The van der Waals surface area contributed by atoms with Gasteiger partial charge in [0.1, 0.15) is 12.4 Å². The van der Waals surface area contributed by atoms with Gasteiger partial charge >= 0.3 is 11.7 Å². The standard InChI is InChI=1S/C14H11NO6/c16-11-4-1-9(2-5-11)8-21-13-6-3-10(14(17)18)7-12(13)15(19)20/h1-7,16H,8H2,(H,17,18). The Bertz CT molecular complexity index is 680. The minimum absolute atomic E-state index is 0.0157.